The third-order valence-corrected chi connectivity index (χ3v) is 8.25. The lowest BCUT2D eigenvalue weighted by molar-refractivity contribution is -0.123. The molecule has 0 spiro atoms. The molecule has 1 aromatic carbocycles. The molecule has 0 aliphatic carbocycles. The van der Waals surface area contributed by atoms with Crippen LogP contribution >= 0.6 is 11.3 Å². The van der Waals surface area contributed by atoms with Gasteiger partial charge in [-0.25, -0.2) is 13.4 Å². The molecule has 0 saturated carbocycles. The predicted octanol–water partition coefficient (Wildman–Crippen LogP) is 3.18. The summed E-state index contributed by atoms with van der Waals surface area (Å²) >= 11 is 1.49. The summed E-state index contributed by atoms with van der Waals surface area (Å²) in [5.41, 5.74) is 2.09. The van der Waals surface area contributed by atoms with Crippen LogP contribution in [0.5, 0.6) is 0 Å². The molecule has 2 aromatic rings. The summed E-state index contributed by atoms with van der Waals surface area (Å²) in [6.07, 6.45) is 6.13. The molecule has 7 nitrogen and oxygen atoms in total. The summed E-state index contributed by atoms with van der Waals surface area (Å²) in [6.45, 7) is 3.61. The minimum Gasteiger partial charge on any atom is -0.376 e. The highest BCUT2D eigenvalue weighted by atomic mass is 32.2. The summed E-state index contributed by atoms with van der Waals surface area (Å²) < 4.78 is 32.9. The molecule has 0 radical (unpaired) electrons. The average Bonchev–Trinajstić information content (AvgIpc) is 3.39. The van der Waals surface area contributed by atoms with Crippen LogP contribution in [0.15, 0.2) is 18.2 Å². The Kier molecular flexibility index (Phi) is 6.43. The summed E-state index contributed by atoms with van der Waals surface area (Å²) in [5, 5.41) is 0.623. The molecule has 2 fully saturated rings. The summed E-state index contributed by atoms with van der Waals surface area (Å²) in [5.74, 6) is -0.189. The molecular formula is C21H29N3O4S2. The fourth-order valence-corrected chi connectivity index (χ4v) is 6.44. The van der Waals surface area contributed by atoms with Crippen LogP contribution in [0.3, 0.4) is 0 Å². The Hall–Kier alpha value is -1.55. The molecule has 0 unspecified atom stereocenters. The first-order valence-corrected chi connectivity index (χ1v) is 13.3. The number of piperidine rings is 1. The van der Waals surface area contributed by atoms with Gasteiger partial charge < -0.3 is 4.74 Å². The monoisotopic (exact) mass is 451 g/mol. The molecule has 164 valence electrons. The number of amides is 1. The van der Waals surface area contributed by atoms with E-state index in [1.807, 2.05) is 6.07 Å². The van der Waals surface area contributed by atoms with Gasteiger partial charge in [0.25, 0.3) is 0 Å². The zero-order chi connectivity index (χ0) is 21.3. The van der Waals surface area contributed by atoms with Crippen molar-refractivity contribution >= 4 is 42.6 Å². The van der Waals surface area contributed by atoms with E-state index in [0.29, 0.717) is 31.2 Å². The first-order chi connectivity index (χ1) is 14.4. The number of hydrogen-bond acceptors (Lipinski definition) is 6. The second kappa shape index (κ2) is 8.90. The van der Waals surface area contributed by atoms with Gasteiger partial charge in [-0.3, -0.25) is 9.69 Å². The number of fused-ring (bicyclic) bond motifs is 1. The van der Waals surface area contributed by atoms with E-state index in [4.69, 9.17) is 9.72 Å². The molecule has 1 aromatic heterocycles. The number of carbonyl (C=O) groups excluding carboxylic acids is 1. The Bertz CT molecular complexity index is 1010. The zero-order valence-electron chi connectivity index (χ0n) is 17.5. The maximum atomic E-state index is 13.7. The zero-order valence-corrected chi connectivity index (χ0v) is 19.2. The van der Waals surface area contributed by atoms with E-state index < -0.39 is 16.1 Å². The van der Waals surface area contributed by atoms with E-state index in [0.717, 1.165) is 42.3 Å². The van der Waals surface area contributed by atoms with E-state index in [2.05, 4.69) is 19.1 Å². The Balaban J connectivity index is 1.69. The lowest BCUT2D eigenvalue weighted by atomic mass is 10.0. The van der Waals surface area contributed by atoms with Crippen molar-refractivity contribution in [1.82, 2.24) is 9.29 Å². The van der Waals surface area contributed by atoms with Crippen molar-refractivity contribution in [3.63, 3.8) is 0 Å². The normalized spacial score (nSPS) is 23.1. The molecule has 3 heterocycles. The van der Waals surface area contributed by atoms with Crippen LogP contribution in [-0.4, -0.2) is 61.7 Å². The first kappa shape index (κ1) is 21.7. The number of ether oxygens (including phenoxy) is 1. The van der Waals surface area contributed by atoms with Crippen LogP contribution in [0.2, 0.25) is 0 Å². The van der Waals surface area contributed by atoms with Gasteiger partial charge in [0.2, 0.25) is 15.9 Å². The quantitative estimate of drug-likeness (QED) is 0.674. The van der Waals surface area contributed by atoms with Gasteiger partial charge in [0.05, 0.1) is 29.1 Å². The Morgan fingerprint density at radius 3 is 2.83 bits per heavy atom. The number of aryl methyl sites for hydroxylation is 1. The standard InChI is InChI=1S/C21H29N3O4S2/c1-3-15-9-10-17-19(13-15)29-21(22-17)23(14-16-7-6-12-28-16)20(25)18-8-4-5-11-24(18)30(2,26)27/h9-10,13,16,18H,3-8,11-12,14H2,1-2H3/t16-,18-/m1/s1. The fraction of sp³-hybridized carbons (Fsp3) is 0.619. The van der Waals surface area contributed by atoms with Gasteiger partial charge in [0.1, 0.15) is 6.04 Å². The minimum atomic E-state index is -3.46. The van der Waals surface area contributed by atoms with Gasteiger partial charge in [-0.05, 0) is 49.8 Å². The molecule has 30 heavy (non-hydrogen) atoms. The molecule has 2 aliphatic heterocycles. The summed E-state index contributed by atoms with van der Waals surface area (Å²) in [4.78, 5) is 20.1. The van der Waals surface area contributed by atoms with Crippen LogP contribution in [-0.2, 0) is 26.0 Å². The van der Waals surface area contributed by atoms with Gasteiger partial charge in [0.15, 0.2) is 5.13 Å². The Morgan fingerprint density at radius 1 is 1.30 bits per heavy atom. The molecule has 2 aliphatic rings. The van der Waals surface area contributed by atoms with Crippen molar-refractivity contribution in [2.24, 2.45) is 0 Å². The van der Waals surface area contributed by atoms with E-state index in [-0.39, 0.29) is 12.0 Å². The average molecular weight is 452 g/mol. The van der Waals surface area contributed by atoms with Crippen molar-refractivity contribution in [3.05, 3.63) is 23.8 Å². The Morgan fingerprint density at radius 2 is 2.13 bits per heavy atom. The largest absolute Gasteiger partial charge is 0.376 e. The number of carbonyl (C=O) groups is 1. The lowest BCUT2D eigenvalue weighted by Gasteiger charge is -2.35. The second-order valence-corrected chi connectivity index (χ2v) is 11.1. The number of rotatable bonds is 6. The third kappa shape index (κ3) is 4.54. The van der Waals surface area contributed by atoms with E-state index >= 15 is 0 Å². The van der Waals surface area contributed by atoms with Crippen molar-refractivity contribution < 1.29 is 17.9 Å². The highest BCUT2D eigenvalue weighted by Crippen LogP contribution is 2.33. The van der Waals surface area contributed by atoms with Crippen LogP contribution in [0.25, 0.3) is 10.2 Å². The molecular weight excluding hydrogens is 422 g/mol. The maximum absolute atomic E-state index is 13.7. The number of aromatic nitrogens is 1. The molecule has 0 N–H and O–H groups in total. The van der Waals surface area contributed by atoms with Gasteiger partial charge >= 0.3 is 0 Å². The molecule has 2 atom stereocenters. The van der Waals surface area contributed by atoms with Gasteiger partial charge in [-0.1, -0.05) is 30.7 Å². The van der Waals surface area contributed by atoms with Gasteiger partial charge in [-0.15, -0.1) is 0 Å². The van der Waals surface area contributed by atoms with Crippen LogP contribution in [0.1, 0.15) is 44.6 Å². The number of sulfonamides is 1. The van der Waals surface area contributed by atoms with E-state index in [1.165, 1.54) is 27.5 Å². The SMILES string of the molecule is CCc1ccc2nc(N(C[C@H]3CCCO3)C(=O)[C@H]3CCCCN3S(C)(=O)=O)sc2c1. The topological polar surface area (TPSA) is 79.8 Å². The van der Waals surface area contributed by atoms with Crippen molar-refractivity contribution in [2.45, 2.75) is 57.6 Å². The first-order valence-electron chi connectivity index (χ1n) is 10.7. The van der Waals surface area contributed by atoms with Gasteiger partial charge in [0, 0.05) is 13.2 Å². The smallest absolute Gasteiger partial charge is 0.247 e. The van der Waals surface area contributed by atoms with Gasteiger partial charge in [-0.2, -0.15) is 4.31 Å². The lowest BCUT2D eigenvalue weighted by Crippen LogP contribution is -2.54. The van der Waals surface area contributed by atoms with Crippen LogP contribution < -0.4 is 4.90 Å². The second-order valence-electron chi connectivity index (χ2n) is 8.12. The Labute approximate surface area is 182 Å². The van der Waals surface area contributed by atoms with E-state index in [1.54, 1.807) is 4.90 Å². The third-order valence-electron chi connectivity index (χ3n) is 5.92. The van der Waals surface area contributed by atoms with Crippen molar-refractivity contribution in [1.29, 1.82) is 0 Å². The molecule has 2 saturated heterocycles. The summed E-state index contributed by atoms with van der Waals surface area (Å²) in [6, 6.07) is 5.50. The molecule has 9 heteroatoms. The van der Waals surface area contributed by atoms with E-state index in [9.17, 15) is 13.2 Å². The fourth-order valence-electron chi connectivity index (χ4n) is 4.28. The predicted molar refractivity (Wildman–Crippen MR) is 120 cm³/mol. The molecule has 1 amide bonds. The van der Waals surface area contributed by atoms with Crippen molar-refractivity contribution in [2.75, 3.05) is 30.9 Å². The number of benzene rings is 1. The highest BCUT2D eigenvalue weighted by Gasteiger charge is 2.39. The van der Waals surface area contributed by atoms with Crippen LogP contribution in [0, 0.1) is 0 Å². The van der Waals surface area contributed by atoms with Crippen molar-refractivity contribution in [3.8, 4) is 0 Å². The summed E-state index contributed by atoms with van der Waals surface area (Å²) in [7, 11) is -3.46. The number of thiazole rings is 1. The minimum absolute atomic E-state index is 0.0394. The van der Waals surface area contributed by atoms with Crippen LogP contribution in [0.4, 0.5) is 5.13 Å². The highest BCUT2D eigenvalue weighted by molar-refractivity contribution is 7.88. The maximum Gasteiger partial charge on any atom is 0.247 e. The number of nitrogens with zero attached hydrogens (tertiary/aromatic N) is 3. The molecule has 0 bridgehead atoms. The number of hydrogen-bond donors (Lipinski definition) is 0. The number of anilines is 1. The molecule has 4 rings (SSSR count).